The largest absolute Gasteiger partial charge is 0.300 e. The number of hydrogen-bond acceptors (Lipinski definition) is 2. The number of hydrogen-bond donors (Lipinski definition) is 0. The number of benzene rings is 1. The van der Waals surface area contributed by atoms with E-state index in [4.69, 9.17) is 0 Å². The molecule has 0 fully saturated rings. The van der Waals surface area contributed by atoms with Crippen molar-refractivity contribution in [2.24, 2.45) is 5.92 Å². The highest BCUT2D eigenvalue weighted by atomic mass is 16.1. The Morgan fingerprint density at radius 3 is 2.65 bits per heavy atom. The van der Waals surface area contributed by atoms with Crippen LogP contribution in [-0.4, -0.2) is 11.6 Å². The van der Waals surface area contributed by atoms with Gasteiger partial charge in [0, 0.05) is 19.3 Å². The molecule has 1 aromatic rings. The van der Waals surface area contributed by atoms with Crippen LogP contribution in [-0.2, 0) is 16.0 Å². The zero-order valence-electron chi connectivity index (χ0n) is 9.98. The molecular formula is C15H16O2. The van der Waals surface area contributed by atoms with Crippen LogP contribution in [0.2, 0.25) is 0 Å². The number of rotatable bonds is 4. The second-order valence-electron chi connectivity index (χ2n) is 4.65. The molecule has 0 saturated carbocycles. The molecule has 0 saturated heterocycles. The molecule has 2 nitrogen and oxygen atoms in total. The van der Waals surface area contributed by atoms with Crippen LogP contribution < -0.4 is 0 Å². The molecule has 0 radical (unpaired) electrons. The van der Waals surface area contributed by atoms with Gasteiger partial charge < -0.3 is 4.79 Å². The molecular weight excluding hydrogens is 212 g/mol. The fourth-order valence-corrected chi connectivity index (χ4v) is 2.28. The third-order valence-electron chi connectivity index (χ3n) is 3.03. The summed E-state index contributed by atoms with van der Waals surface area (Å²) in [5.74, 6) is 0.471. The van der Waals surface area contributed by atoms with E-state index in [1.807, 2.05) is 36.4 Å². The van der Waals surface area contributed by atoms with E-state index in [9.17, 15) is 9.59 Å². The highest BCUT2D eigenvalue weighted by Gasteiger charge is 2.24. The number of carbonyl (C=O) groups is 2. The zero-order valence-corrected chi connectivity index (χ0v) is 9.98. The van der Waals surface area contributed by atoms with Gasteiger partial charge in [0.1, 0.15) is 5.78 Å². The lowest BCUT2D eigenvalue weighted by Crippen LogP contribution is -2.03. The SMILES string of the molecule is CC(=O)CC1C=C(Cc2ccccc2)C(=O)C1. The molecule has 2 heteroatoms. The van der Waals surface area contributed by atoms with Gasteiger partial charge in [0.25, 0.3) is 0 Å². The van der Waals surface area contributed by atoms with Gasteiger partial charge in [-0.1, -0.05) is 36.4 Å². The van der Waals surface area contributed by atoms with Gasteiger partial charge in [-0.3, -0.25) is 4.79 Å². The summed E-state index contributed by atoms with van der Waals surface area (Å²) in [5, 5.41) is 0. The molecule has 0 amide bonds. The predicted octanol–water partition coefficient (Wildman–Crippen LogP) is 2.72. The quantitative estimate of drug-likeness (QED) is 0.794. The lowest BCUT2D eigenvalue weighted by atomic mass is 10.0. The molecule has 1 aliphatic rings. The second kappa shape index (κ2) is 5.09. The Labute approximate surface area is 101 Å². The normalized spacial score (nSPS) is 19.2. The van der Waals surface area contributed by atoms with Crippen molar-refractivity contribution in [2.75, 3.05) is 0 Å². The van der Waals surface area contributed by atoms with Gasteiger partial charge in [0.15, 0.2) is 5.78 Å². The molecule has 0 spiro atoms. The highest BCUT2D eigenvalue weighted by Crippen LogP contribution is 2.26. The standard InChI is InChI=1S/C15H16O2/c1-11(16)7-13-9-14(15(17)10-13)8-12-5-3-2-4-6-12/h2-6,9,13H,7-8,10H2,1H3. The number of allylic oxidation sites excluding steroid dienone is 2. The van der Waals surface area contributed by atoms with Gasteiger partial charge in [-0.25, -0.2) is 0 Å². The van der Waals surface area contributed by atoms with Crippen molar-refractivity contribution >= 4 is 11.6 Å². The van der Waals surface area contributed by atoms with Crippen molar-refractivity contribution in [1.82, 2.24) is 0 Å². The lowest BCUT2D eigenvalue weighted by molar-refractivity contribution is -0.118. The number of ketones is 2. The molecule has 2 rings (SSSR count). The monoisotopic (exact) mass is 228 g/mol. The van der Waals surface area contributed by atoms with Gasteiger partial charge in [-0.15, -0.1) is 0 Å². The number of carbonyl (C=O) groups excluding carboxylic acids is 2. The maximum atomic E-state index is 11.8. The predicted molar refractivity (Wildman–Crippen MR) is 66.6 cm³/mol. The minimum absolute atomic E-state index is 0.124. The summed E-state index contributed by atoms with van der Waals surface area (Å²) < 4.78 is 0. The van der Waals surface area contributed by atoms with Gasteiger partial charge in [-0.05, 0) is 24.0 Å². The molecule has 1 aliphatic carbocycles. The summed E-state index contributed by atoms with van der Waals surface area (Å²) in [6.07, 6.45) is 3.66. The van der Waals surface area contributed by atoms with Crippen molar-refractivity contribution in [3.63, 3.8) is 0 Å². The van der Waals surface area contributed by atoms with Gasteiger partial charge in [0.05, 0.1) is 0 Å². The molecule has 17 heavy (non-hydrogen) atoms. The van der Waals surface area contributed by atoms with Crippen LogP contribution in [0.4, 0.5) is 0 Å². The first-order valence-electron chi connectivity index (χ1n) is 5.92. The van der Waals surface area contributed by atoms with Crippen molar-refractivity contribution in [1.29, 1.82) is 0 Å². The zero-order chi connectivity index (χ0) is 12.3. The summed E-state index contributed by atoms with van der Waals surface area (Å²) in [5.41, 5.74) is 2.01. The van der Waals surface area contributed by atoms with Crippen LogP contribution in [0.1, 0.15) is 25.3 Å². The average molecular weight is 228 g/mol. The summed E-state index contributed by atoms with van der Waals surface area (Å²) in [4.78, 5) is 22.8. The Morgan fingerprint density at radius 1 is 1.29 bits per heavy atom. The van der Waals surface area contributed by atoms with Crippen molar-refractivity contribution in [2.45, 2.75) is 26.2 Å². The average Bonchev–Trinajstić information content (AvgIpc) is 2.59. The first-order chi connectivity index (χ1) is 8.15. The third-order valence-corrected chi connectivity index (χ3v) is 3.03. The van der Waals surface area contributed by atoms with E-state index in [-0.39, 0.29) is 17.5 Å². The van der Waals surface area contributed by atoms with Gasteiger partial charge >= 0.3 is 0 Å². The number of Topliss-reactive ketones (excluding diaryl/α,β-unsaturated/α-hetero) is 2. The first-order valence-corrected chi connectivity index (χ1v) is 5.92. The topological polar surface area (TPSA) is 34.1 Å². The maximum absolute atomic E-state index is 11.8. The fraction of sp³-hybridized carbons (Fsp3) is 0.333. The fourth-order valence-electron chi connectivity index (χ4n) is 2.28. The minimum atomic E-state index is 0.124. The van der Waals surface area contributed by atoms with Gasteiger partial charge in [-0.2, -0.15) is 0 Å². The van der Waals surface area contributed by atoms with Crippen molar-refractivity contribution < 1.29 is 9.59 Å². The Balaban J connectivity index is 2.06. The summed E-state index contributed by atoms with van der Waals surface area (Å²) >= 11 is 0. The highest BCUT2D eigenvalue weighted by molar-refractivity contribution is 5.98. The Bertz CT molecular complexity index is 457. The van der Waals surface area contributed by atoms with Crippen LogP contribution in [0, 0.1) is 5.92 Å². The van der Waals surface area contributed by atoms with Crippen LogP contribution in [0.15, 0.2) is 42.0 Å². The van der Waals surface area contributed by atoms with E-state index in [2.05, 4.69) is 0 Å². The minimum Gasteiger partial charge on any atom is -0.300 e. The molecule has 1 aromatic carbocycles. The van der Waals surface area contributed by atoms with E-state index in [1.165, 1.54) is 0 Å². The van der Waals surface area contributed by atoms with E-state index >= 15 is 0 Å². The third kappa shape index (κ3) is 3.13. The van der Waals surface area contributed by atoms with Gasteiger partial charge in [0.2, 0.25) is 0 Å². The summed E-state index contributed by atoms with van der Waals surface area (Å²) in [7, 11) is 0. The van der Waals surface area contributed by atoms with Crippen LogP contribution in [0.3, 0.4) is 0 Å². The molecule has 0 aliphatic heterocycles. The first kappa shape index (κ1) is 11.8. The van der Waals surface area contributed by atoms with Crippen LogP contribution in [0.5, 0.6) is 0 Å². The molecule has 1 atom stereocenters. The Morgan fingerprint density at radius 2 is 2.00 bits per heavy atom. The lowest BCUT2D eigenvalue weighted by Gasteiger charge is -2.00. The molecule has 0 bridgehead atoms. The molecule has 1 unspecified atom stereocenters. The van der Waals surface area contributed by atoms with Crippen LogP contribution in [0.25, 0.3) is 0 Å². The molecule has 0 N–H and O–H groups in total. The maximum Gasteiger partial charge on any atom is 0.159 e. The smallest absolute Gasteiger partial charge is 0.159 e. The Kier molecular flexibility index (Phi) is 3.52. The van der Waals surface area contributed by atoms with Crippen molar-refractivity contribution in [3.8, 4) is 0 Å². The van der Waals surface area contributed by atoms with E-state index in [1.54, 1.807) is 6.92 Å². The van der Waals surface area contributed by atoms with Crippen LogP contribution >= 0.6 is 0 Å². The second-order valence-corrected chi connectivity index (χ2v) is 4.65. The molecule has 0 aromatic heterocycles. The van der Waals surface area contributed by atoms with Crippen molar-refractivity contribution in [3.05, 3.63) is 47.5 Å². The van der Waals surface area contributed by atoms with E-state index < -0.39 is 0 Å². The summed E-state index contributed by atoms with van der Waals surface area (Å²) in [6.45, 7) is 1.58. The Hall–Kier alpha value is -1.70. The molecule has 88 valence electrons. The van der Waals surface area contributed by atoms with E-state index in [0.717, 1.165) is 11.1 Å². The van der Waals surface area contributed by atoms with E-state index in [0.29, 0.717) is 19.3 Å². The molecule has 0 heterocycles. The summed E-state index contributed by atoms with van der Waals surface area (Å²) in [6, 6.07) is 9.95.